The molecule has 1 aromatic heterocycles. The number of amides is 2. The van der Waals surface area contributed by atoms with E-state index in [0.29, 0.717) is 45.6 Å². The van der Waals surface area contributed by atoms with Crippen molar-refractivity contribution in [3.63, 3.8) is 0 Å². The topological polar surface area (TPSA) is 54.8 Å². The van der Waals surface area contributed by atoms with E-state index in [1.807, 2.05) is 53.1 Å². The number of hydrogen-bond acceptors (Lipinski definition) is 3. The van der Waals surface area contributed by atoms with Crippen LogP contribution in [0.5, 0.6) is 5.75 Å². The van der Waals surface area contributed by atoms with Gasteiger partial charge in [0.25, 0.3) is 0 Å². The van der Waals surface area contributed by atoms with Crippen LogP contribution >= 0.6 is 0 Å². The smallest absolute Gasteiger partial charge is 0.242 e. The van der Waals surface area contributed by atoms with Crippen molar-refractivity contribution in [1.29, 1.82) is 0 Å². The molecule has 162 valence electrons. The first kappa shape index (κ1) is 21.0. The zero-order chi connectivity index (χ0) is 21.8. The molecule has 2 heterocycles. The Labute approximate surface area is 183 Å². The largest absolute Gasteiger partial charge is 0.497 e. The molecule has 4 rings (SSSR count). The Morgan fingerprint density at radius 2 is 1.55 bits per heavy atom. The predicted octanol–water partition coefficient (Wildman–Crippen LogP) is 3.26. The van der Waals surface area contributed by atoms with Crippen molar-refractivity contribution in [3.8, 4) is 5.75 Å². The standard InChI is InChI=1S/C25H29N3O3/c1-19-17-21-5-3-4-6-23(21)28(19)18-25(30)27-15-13-26(14-16-27)24(29)12-9-20-7-10-22(31-2)11-8-20/h3-8,10-11,17H,9,12-16,18H2,1-2H3. The number of piperazine rings is 1. The van der Waals surface area contributed by atoms with Gasteiger partial charge < -0.3 is 19.1 Å². The number of aryl methyl sites for hydroxylation is 2. The lowest BCUT2D eigenvalue weighted by molar-refractivity contribution is -0.139. The zero-order valence-corrected chi connectivity index (χ0v) is 18.2. The lowest BCUT2D eigenvalue weighted by atomic mass is 10.1. The number of benzene rings is 2. The SMILES string of the molecule is COc1ccc(CCC(=O)N2CCN(C(=O)Cn3c(C)cc4ccccc43)CC2)cc1. The molecule has 0 radical (unpaired) electrons. The summed E-state index contributed by atoms with van der Waals surface area (Å²) in [5, 5.41) is 1.15. The maximum atomic E-state index is 12.9. The van der Waals surface area contributed by atoms with Gasteiger partial charge in [-0.25, -0.2) is 0 Å². The molecule has 0 saturated carbocycles. The number of rotatable bonds is 6. The fraction of sp³-hybridized carbons (Fsp3) is 0.360. The highest BCUT2D eigenvalue weighted by molar-refractivity contribution is 5.84. The molecule has 2 amide bonds. The van der Waals surface area contributed by atoms with Crippen molar-refractivity contribution < 1.29 is 14.3 Å². The minimum atomic E-state index is 0.106. The molecule has 6 heteroatoms. The predicted molar refractivity (Wildman–Crippen MR) is 121 cm³/mol. The summed E-state index contributed by atoms with van der Waals surface area (Å²) in [6.07, 6.45) is 1.19. The van der Waals surface area contributed by atoms with Crippen molar-refractivity contribution in [2.75, 3.05) is 33.3 Å². The molecule has 1 aliphatic rings. The highest BCUT2D eigenvalue weighted by Crippen LogP contribution is 2.20. The third-order valence-electron chi connectivity index (χ3n) is 6.08. The van der Waals surface area contributed by atoms with Gasteiger partial charge in [-0.05, 0) is 48.6 Å². The van der Waals surface area contributed by atoms with E-state index in [9.17, 15) is 9.59 Å². The maximum absolute atomic E-state index is 12.9. The molecule has 0 bridgehead atoms. The number of aromatic nitrogens is 1. The van der Waals surface area contributed by atoms with Crippen molar-refractivity contribution >= 4 is 22.7 Å². The summed E-state index contributed by atoms with van der Waals surface area (Å²) in [6, 6.07) is 18.1. The number of nitrogens with zero attached hydrogens (tertiary/aromatic N) is 3. The summed E-state index contributed by atoms with van der Waals surface area (Å²) in [4.78, 5) is 29.3. The highest BCUT2D eigenvalue weighted by Gasteiger charge is 2.24. The normalized spacial score (nSPS) is 14.1. The van der Waals surface area contributed by atoms with Crippen LogP contribution in [0.3, 0.4) is 0 Å². The molecule has 0 spiro atoms. The Morgan fingerprint density at radius 3 is 2.23 bits per heavy atom. The summed E-state index contributed by atoms with van der Waals surface area (Å²) in [6.45, 7) is 4.74. The molecular weight excluding hydrogens is 390 g/mol. The summed E-state index contributed by atoms with van der Waals surface area (Å²) in [5.74, 6) is 1.07. The number of methoxy groups -OCH3 is 1. The van der Waals surface area contributed by atoms with Crippen molar-refractivity contribution in [2.45, 2.75) is 26.3 Å². The summed E-state index contributed by atoms with van der Waals surface area (Å²) in [7, 11) is 1.64. The monoisotopic (exact) mass is 419 g/mol. The van der Waals surface area contributed by atoms with E-state index in [4.69, 9.17) is 4.74 Å². The lowest BCUT2D eigenvalue weighted by Crippen LogP contribution is -2.51. The minimum Gasteiger partial charge on any atom is -0.497 e. The van der Waals surface area contributed by atoms with Gasteiger partial charge in [0.15, 0.2) is 0 Å². The number of hydrogen-bond donors (Lipinski definition) is 0. The average molecular weight is 420 g/mol. The number of carbonyl (C=O) groups excluding carboxylic acids is 2. The molecule has 1 aliphatic heterocycles. The Bertz CT molecular complexity index is 1060. The van der Waals surface area contributed by atoms with Crippen LogP contribution in [0.15, 0.2) is 54.6 Å². The van der Waals surface area contributed by atoms with E-state index in [1.54, 1.807) is 7.11 Å². The Balaban J connectivity index is 1.28. The third kappa shape index (κ3) is 4.74. The van der Waals surface area contributed by atoms with Crippen LogP contribution < -0.4 is 4.74 Å². The van der Waals surface area contributed by atoms with Crippen LogP contribution in [-0.4, -0.2) is 59.5 Å². The van der Waals surface area contributed by atoms with Gasteiger partial charge in [0.2, 0.25) is 11.8 Å². The van der Waals surface area contributed by atoms with Crippen molar-refractivity contribution in [2.24, 2.45) is 0 Å². The molecule has 0 unspecified atom stereocenters. The van der Waals surface area contributed by atoms with Gasteiger partial charge in [-0.1, -0.05) is 30.3 Å². The van der Waals surface area contributed by atoms with Crippen LogP contribution in [0.1, 0.15) is 17.7 Å². The van der Waals surface area contributed by atoms with E-state index >= 15 is 0 Å². The van der Waals surface area contributed by atoms with Gasteiger partial charge in [-0.3, -0.25) is 9.59 Å². The highest BCUT2D eigenvalue weighted by atomic mass is 16.5. The van der Waals surface area contributed by atoms with E-state index in [-0.39, 0.29) is 11.8 Å². The second-order valence-electron chi connectivity index (χ2n) is 8.04. The van der Waals surface area contributed by atoms with Crippen LogP contribution in [0.25, 0.3) is 10.9 Å². The number of ether oxygens (including phenoxy) is 1. The number of para-hydroxylation sites is 1. The Morgan fingerprint density at radius 1 is 0.903 bits per heavy atom. The first-order valence-electron chi connectivity index (χ1n) is 10.8. The number of carbonyl (C=O) groups is 2. The molecular formula is C25H29N3O3. The van der Waals surface area contributed by atoms with Crippen LogP contribution in [0, 0.1) is 6.92 Å². The molecule has 1 fully saturated rings. The first-order valence-corrected chi connectivity index (χ1v) is 10.8. The van der Waals surface area contributed by atoms with Gasteiger partial charge in [-0.2, -0.15) is 0 Å². The maximum Gasteiger partial charge on any atom is 0.242 e. The van der Waals surface area contributed by atoms with E-state index in [2.05, 4.69) is 22.8 Å². The second kappa shape index (κ2) is 9.25. The molecule has 6 nitrogen and oxygen atoms in total. The quantitative estimate of drug-likeness (QED) is 0.616. The summed E-state index contributed by atoms with van der Waals surface area (Å²) in [5.41, 5.74) is 3.29. The van der Waals surface area contributed by atoms with Crippen LogP contribution in [-0.2, 0) is 22.6 Å². The van der Waals surface area contributed by atoms with E-state index in [1.165, 1.54) is 0 Å². The van der Waals surface area contributed by atoms with Crippen molar-refractivity contribution in [1.82, 2.24) is 14.4 Å². The van der Waals surface area contributed by atoms with Gasteiger partial charge >= 0.3 is 0 Å². The minimum absolute atomic E-state index is 0.106. The van der Waals surface area contributed by atoms with Gasteiger partial charge in [0.1, 0.15) is 12.3 Å². The molecule has 3 aromatic rings. The van der Waals surface area contributed by atoms with E-state index in [0.717, 1.165) is 27.9 Å². The van der Waals surface area contributed by atoms with Crippen molar-refractivity contribution in [3.05, 3.63) is 65.9 Å². The molecule has 1 saturated heterocycles. The summed E-state index contributed by atoms with van der Waals surface area (Å²) < 4.78 is 7.24. The summed E-state index contributed by atoms with van der Waals surface area (Å²) >= 11 is 0. The first-order chi connectivity index (χ1) is 15.0. The molecule has 0 atom stereocenters. The molecule has 31 heavy (non-hydrogen) atoms. The van der Waals surface area contributed by atoms with E-state index < -0.39 is 0 Å². The van der Waals surface area contributed by atoms with Crippen LogP contribution in [0.2, 0.25) is 0 Å². The van der Waals surface area contributed by atoms with Gasteiger partial charge in [0.05, 0.1) is 7.11 Å². The number of fused-ring (bicyclic) bond motifs is 1. The second-order valence-corrected chi connectivity index (χ2v) is 8.04. The Kier molecular flexibility index (Phi) is 6.26. The Hall–Kier alpha value is -3.28. The molecule has 0 aliphatic carbocycles. The lowest BCUT2D eigenvalue weighted by Gasteiger charge is -2.35. The fourth-order valence-electron chi connectivity index (χ4n) is 4.20. The fourth-order valence-corrected chi connectivity index (χ4v) is 4.20. The van der Waals surface area contributed by atoms with Gasteiger partial charge in [-0.15, -0.1) is 0 Å². The third-order valence-corrected chi connectivity index (χ3v) is 6.08. The van der Waals surface area contributed by atoms with Crippen LogP contribution in [0.4, 0.5) is 0 Å². The van der Waals surface area contributed by atoms with Gasteiger partial charge in [0, 0.05) is 43.8 Å². The average Bonchev–Trinajstić information content (AvgIpc) is 3.12. The molecule has 0 N–H and O–H groups in total. The zero-order valence-electron chi connectivity index (χ0n) is 18.2. The molecule has 2 aromatic carbocycles.